The third-order valence-corrected chi connectivity index (χ3v) is 4.82. The zero-order chi connectivity index (χ0) is 15.3. The molecular weight excluding hydrogens is 276 g/mol. The van der Waals surface area contributed by atoms with Crippen LogP contribution >= 0.6 is 0 Å². The SMILES string of the molecule is CCCOc1ccc(OCCN2CCC3(CCNC3)C2)cc1. The van der Waals surface area contributed by atoms with E-state index in [9.17, 15) is 0 Å². The zero-order valence-corrected chi connectivity index (χ0v) is 13.6. The van der Waals surface area contributed by atoms with Gasteiger partial charge in [-0.25, -0.2) is 0 Å². The third kappa shape index (κ3) is 3.93. The van der Waals surface area contributed by atoms with Gasteiger partial charge in [0, 0.05) is 19.6 Å². The molecule has 1 atom stereocenters. The fourth-order valence-corrected chi connectivity index (χ4v) is 3.51. The summed E-state index contributed by atoms with van der Waals surface area (Å²) in [5.74, 6) is 1.85. The van der Waals surface area contributed by atoms with Crippen molar-refractivity contribution in [3.05, 3.63) is 24.3 Å². The predicted octanol–water partition coefficient (Wildman–Crippen LogP) is 2.54. The molecular formula is C18H28N2O2. The Balaban J connectivity index is 1.38. The minimum Gasteiger partial charge on any atom is -0.494 e. The zero-order valence-electron chi connectivity index (χ0n) is 13.6. The van der Waals surface area contributed by atoms with Gasteiger partial charge in [-0.3, -0.25) is 4.90 Å². The lowest BCUT2D eigenvalue weighted by Crippen LogP contribution is -2.31. The van der Waals surface area contributed by atoms with E-state index in [1.807, 2.05) is 24.3 Å². The molecule has 0 amide bonds. The first-order chi connectivity index (χ1) is 10.8. The summed E-state index contributed by atoms with van der Waals surface area (Å²) in [5, 5.41) is 3.51. The first-order valence-electron chi connectivity index (χ1n) is 8.58. The summed E-state index contributed by atoms with van der Waals surface area (Å²) in [6, 6.07) is 7.97. The topological polar surface area (TPSA) is 33.7 Å². The van der Waals surface area contributed by atoms with Crippen molar-refractivity contribution in [3.8, 4) is 11.5 Å². The van der Waals surface area contributed by atoms with Crippen molar-refractivity contribution >= 4 is 0 Å². The quantitative estimate of drug-likeness (QED) is 0.839. The van der Waals surface area contributed by atoms with Gasteiger partial charge in [-0.15, -0.1) is 0 Å². The van der Waals surface area contributed by atoms with E-state index in [0.29, 0.717) is 5.41 Å². The Morgan fingerprint density at radius 3 is 2.45 bits per heavy atom. The Kier molecular flexibility index (Phi) is 5.21. The lowest BCUT2D eigenvalue weighted by molar-refractivity contribution is 0.217. The van der Waals surface area contributed by atoms with Crippen LogP contribution in [0.5, 0.6) is 11.5 Å². The Labute approximate surface area is 133 Å². The van der Waals surface area contributed by atoms with Crippen molar-refractivity contribution in [3.63, 3.8) is 0 Å². The number of benzene rings is 1. The molecule has 2 aliphatic rings. The minimum atomic E-state index is 0.554. The van der Waals surface area contributed by atoms with Crippen LogP contribution in [-0.4, -0.2) is 50.8 Å². The number of hydrogen-bond donors (Lipinski definition) is 1. The van der Waals surface area contributed by atoms with Crippen molar-refractivity contribution in [2.75, 3.05) is 45.9 Å². The van der Waals surface area contributed by atoms with E-state index in [1.165, 1.54) is 39.0 Å². The highest BCUT2D eigenvalue weighted by Gasteiger charge is 2.39. The first kappa shape index (κ1) is 15.6. The van der Waals surface area contributed by atoms with Crippen LogP contribution in [0.4, 0.5) is 0 Å². The summed E-state index contributed by atoms with van der Waals surface area (Å²) in [5.41, 5.74) is 0.554. The second-order valence-electron chi connectivity index (χ2n) is 6.62. The molecule has 22 heavy (non-hydrogen) atoms. The summed E-state index contributed by atoms with van der Waals surface area (Å²) < 4.78 is 11.4. The van der Waals surface area contributed by atoms with E-state index in [2.05, 4.69) is 17.1 Å². The molecule has 1 aromatic carbocycles. The van der Waals surface area contributed by atoms with Gasteiger partial charge < -0.3 is 14.8 Å². The van der Waals surface area contributed by atoms with Crippen molar-refractivity contribution in [1.82, 2.24) is 10.2 Å². The van der Waals surface area contributed by atoms with E-state index in [4.69, 9.17) is 9.47 Å². The van der Waals surface area contributed by atoms with Gasteiger partial charge >= 0.3 is 0 Å². The molecule has 0 aromatic heterocycles. The fraction of sp³-hybridized carbons (Fsp3) is 0.667. The minimum absolute atomic E-state index is 0.554. The van der Waals surface area contributed by atoms with Gasteiger partial charge in [0.2, 0.25) is 0 Å². The molecule has 2 fully saturated rings. The second kappa shape index (κ2) is 7.34. The number of rotatable bonds is 7. The Bertz CT molecular complexity index is 455. The number of ether oxygens (including phenoxy) is 2. The van der Waals surface area contributed by atoms with E-state index in [0.717, 1.165) is 37.7 Å². The molecule has 122 valence electrons. The van der Waals surface area contributed by atoms with Crippen molar-refractivity contribution in [1.29, 1.82) is 0 Å². The molecule has 0 saturated carbocycles. The molecule has 0 radical (unpaired) electrons. The fourth-order valence-electron chi connectivity index (χ4n) is 3.51. The highest BCUT2D eigenvalue weighted by atomic mass is 16.5. The van der Waals surface area contributed by atoms with Gasteiger partial charge in [-0.2, -0.15) is 0 Å². The maximum Gasteiger partial charge on any atom is 0.119 e. The first-order valence-corrected chi connectivity index (χ1v) is 8.58. The predicted molar refractivity (Wildman–Crippen MR) is 88.7 cm³/mol. The maximum atomic E-state index is 5.87. The molecule has 1 spiro atoms. The molecule has 4 nitrogen and oxygen atoms in total. The lowest BCUT2D eigenvalue weighted by Gasteiger charge is -2.22. The number of likely N-dealkylation sites (tertiary alicyclic amines) is 1. The molecule has 1 N–H and O–H groups in total. The van der Waals surface area contributed by atoms with Crippen LogP contribution in [-0.2, 0) is 0 Å². The number of hydrogen-bond acceptors (Lipinski definition) is 4. The van der Waals surface area contributed by atoms with Gasteiger partial charge in [-0.05, 0) is 62.0 Å². The van der Waals surface area contributed by atoms with E-state index >= 15 is 0 Å². The highest BCUT2D eigenvalue weighted by Crippen LogP contribution is 2.35. The van der Waals surface area contributed by atoms with Crippen LogP contribution in [0.1, 0.15) is 26.2 Å². The number of nitrogens with one attached hydrogen (secondary N) is 1. The second-order valence-corrected chi connectivity index (χ2v) is 6.62. The van der Waals surface area contributed by atoms with E-state index < -0.39 is 0 Å². The average Bonchev–Trinajstić information content (AvgIpc) is 3.17. The van der Waals surface area contributed by atoms with Crippen LogP contribution < -0.4 is 14.8 Å². The molecule has 2 saturated heterocycles. The molecule has 1 unspecified atom stereocenters. The van der Waals surface area contributed by atoms with E-state index in [-0.39, 0.29) is 0 Å². The Morgan fingerprint density at radius 2 is 1.82 bits per heavy atom. The van der Waals surface area contributed by atoms with Crippen molar-refractivity contribution in [2.45, 2.75) is 26.2 Å². The van der Waals surface area contributed by atoms with Crippen LogP contribution in [0.2, 0.25) is 0 Å². The van der Waals surface area contributed by atoms with Crippen LogP contribution in [0.25, 0.3) is 0 Å². The standard InChI is InChI=1S/C18H28N2O2/c1-2-12-21-16-3-5-17(6-4-16)22-13-11-20-10-8-18(15-20)7-9-19-14-18/h3-6,19H,2,7-15H2,1H3. The van der Waals surface area contributed by atoms with Gasteiger partial charge in [0.15, 0.2) is 0 Å². The van der Waals surface area contributed by atoms with Gasteiger partial charge in [0.25, 0.3) is 0 Å². The molecule has 2 aliphatic heterocycles. The molecule has 4 heteroatoms. The molecule has 0 aliphatic carbocycles. The normalized spacial score (nSPS) is 25.0. The van der Waals surface area contributed by atoms with Crippen molar-refractivity contribution in [2.24, 2.45) is 5.41 Å². The van der Waals surface area contributed by atoms with E-state index in [1.54, 1.807) is 0 Å². The maximum absolute atomic E-state index is 5.87. The molecule has 1 aromatic rings. The average molecular weight is 304 g/mol. The van der Waals surface area contributed by atoms with Crippen LogP contribution in [0, 0.1) is 5.41 Å². The summed E-state index contributed by atoms with van der Waals surface area (Å²) in [6.07, 6.45) is 3.71. The Morgan fingerprint density at radius 1 is 1.09 bits per heavy atom. The third-order valence-electron chi connectivity index (χ3n) is 4.82. The monoisotopic (exact) mass is 304 g/mol. The molecule has 0 bridgehead atoms. The Hall–Kier alpha value is -1.26. The van der Waals surface area contributed by atoms with Crippen LogP contribution in [0.15, 0.2) is 24.3 Å². The molecule has 2 heterocycles. The van der Waals surface area contributed by atoms with Gasteiger partial charge in [-0.1, -0.05) is 6.92 Å². The van der Waals surface area contributed by atoms with Gasteiger partial charge in [0.1, 0.15) is 18.1 Å². The summed E-state index contributed by atoms with van der Waals surface area (Å²) >= 11 is 0. The summed E-state index contributed by atoms with van der Waals surface area (Å²) in [4.78, 5) is 2.55. The summed E-state index contributed by atoms with van der Waals surface area (Å²) in [7, 11) is 0. The smallest absolute Gasteiger partial charge is 0.119 e. The lowest BCUT2D eigenvalue weighted by atomic mass is 9.87. The number of nitrogens with zero attached hydrogens (tertiary/aromatic N) is 1. The summed E-state index contributed by atoms with van der Waals surface area (Å²) in [6.45, 7) is 9.50. The highest BCUT2D eigenvalue weighted by molar-refractivity contribution is 5.31. The molecule has 3 rings (SSSR count). The van der Waals surface area contributed by atoms with Gasteiger partial charge in [0.05, 0.1) is 6.61 Å². The largest absolute Gasteiger partial charge is 0.494 e. The van der Waals surface area contributed by atoms with Crippen molar-refractivity contribution < 1.29 is 9.47 Å². The van der Waals surface area contributed by atoms with Crippen LogP contribution in [0.3, 0.4) is 0 Å².